The zero-order valence-corrected chi connectivity index (χ0v) is 14.7. The highest BCUT2D eigenvalue weighted by Gasteiger charge is 2.19. The van der Waals surface area contributed by atoms with Crippen molar-refractivity contribution in [3.63, 3.8) is 0 Å². The number of carbonyl (C=O) groups excluding carboxylic acids is 1. The average Bonchev–Trinajstić information content (AvgIpc) is 3.27. The summed E-state index contributed by atoms with van der Waals surface area (Å²) in [6.07, 6.45) is 0. The number of aromatic nitrogens is 3. The first kappa shape index (κ1) is 16.2. The fourth-order valence-electron chi connectivity index (χ4n) is 2.63. The van der Waals surface area contributed by atoms with Crippen LogP contribution < -0.4 is 5.73 Å². The van der Waals surface area contributed by atoms with Gasteiger partial charge in [0.1, 0.15) is 0 Å². The summed E-state index contributed by atoms with van der Waals surface area (Å²) in [5.41, 5.74) is 7.88. The molecule has 2 aromatic carbocycles. The first-order valence-electron chi connectivity index (χ1n) is 7.90. The molecule has 0 aliphatic carbocycles. The Hall–Kier alpha value is -3.26. The molecule has 2 heterocycles. The van der Waals surface area contributed by atoms with Crippen molar-refractivity contribution in [2.45, 2.75) is 6.54 Å². The molecule has 0 saturated heterocycles. The molecule has 0 spiro atoms. The minimum Gasteiger partial charge on any atom is -0.419 e. The zero-order valence-electron chi connectivity index (χ0n) is 13.9. The highest BCUT2D eigenvalue weighted by atomic mass is 32.1. The molecule has 1 amide bonds. The van der Waals surface area contributed by atoms with E-state index in [1.807, 2.05) is 36.4 Å². The largest absolute Gasteiger partial charge is 0.419 e. The molecule has 26 heavy (non-hydrogen) atoms. The number of hydrogen-bond acceptors (Lipinski definition) is 7. The second kappa shape index (κ2) is 6.57. The number of hydrogen-bond donors (Lipinski definition) is 1. The molecule has 0 bridgehead atoms. The molecule has 130 valence electrons. The van der Waals surface area contributed by atoms with Gasteiger partial charge in [0.25, 0.3) is 5.91 Å². The smallest absolute Gasteiger partial charge is 0.255 e. The van der Waals surface area contributed by atoms with Crippen molar-refractivity contribution >= 4 is 32.6 Å². The van der Waals surface area contributed by atoms with Crippen LogP contribution in [0.25, 0.3) is 21.7 Å². The van der Waals surface area contributed by atoms with E-state index in [0.717, 1.165) is 15.8 Å². The van der Waals surface area contributed by atoms with Crippen LogP contribution in [0.2, 0.25) is 0 Å². The molecule has 0 fully saturated rings. The van der Waals surface area contributed by atoms with Gasteiger partial charge in [-0.3, -0.25) is 4.79 Å². The topological polar surface area (TPSA) is 98.1 Å². The van der Waals surface area contributed by atoms with Gasteiger partial charge in [-0.05, 0) is 24.3 Å². The fraction of sp³-hybridized carbons (Fsp3) is 0.111. The third-order valence-corrected chi connectivity index (χ3v) is 4.80. The Labute approximate surface area is 153 Å². The van der Waals surface area contributed by atoms with Crippen molar-refractivity contribution in [2.75, 3.05) is 12.8 Å². The summed E-state index contributed by atoms with van der Waals surface area (Å²) in [4.78, 5) is 18.6. The Balaban J connectivity index is 1.55. The summed E-state index contributed by atoms with van der Waals surface area (Å²) in [5.74, 6) is 0.646. The Bertz CT molecular complexity index is 1070. The number of nitrogens with zero attached hydrogens (tertiary/aromatic N) is 4. The number of rotatable bonds is 4. The van der Waals surface area contributed by atoms with E-state index in [9.17, 15) is 4.79 Å². The molecular weight excluding hydrogens is 350 g/mol. The number of carbonyl (C=O) groups is 1. The third-order valence-electron chi connectivity index (χ3n) is 3.87. The number of nitrogen functional groups attached to an aromatic ring is 1. The zero-order chi connectivity index (χ0) is 18.1. The van der Waals surface area contributed by atoms with Crippen molar-refractivity contribution in [1.82, 2.24) is 20.1 Å². The molecule has 4 aromatic rings. The SMILES string of the molecule is CN(Cc1nnc(-c2ccccc2)o1)C(=O)c1cccc2nc(N)sc12. The summed E-state index contributed by atoms with van der Waals surface area (Å²) < 4.78 is 6.45. The quantitative estimate of drug-likeness (QED) is 0.596. The predicted octanol–water partition coefficient (Wildman–Crippen LogP) is 3.20. The molecule has 4 rings (SSSR count). The maximum atomic E-state index is 12.8. The molecule has 8 heteroatoms. The monoisotopic (exact) mass is 365 g/mol. The second-order valence-electron chi connectivity index (χ2n) is 5.73. The van der Waals surface area contributed by atoms with E-state index in [1.165, 1.54) is 16.2 Å². The standard InChI is InChI=1S/C18H15N5O2S/c1-23(10-14-21-22-16(25-14)11-6-3-2-4-7-11)17(24)12-8-5-9-13-15(12)26-18(19)20-13/h2-9H,10H2,1H3,(H2,19,20). The Morgan fingerprint density at radius 2 is 1.96 bits per heavy atom. The lowest BCUT2D eigenvalue weighted by Crippen LogP contribution is -2.26. The number of benzene rings is 2. The van der Waals surface area contributed by atoms with Gasteiger partial charge in [-0.15, -0.1) is 10.2 Å². The van der Waals surface area contributed by atoms with E-state index < -0.39 is 0 Å². The molecule has 0 aliphatic heterocycles. The summed E-state index contributed by atoms with van der Waals surface area (Å²) in [6, 6.07) is 14.9. The normalized spacial score (nSPS) is 11.0. The number of anilines is 1. The third kappa shape index (κ3) is 3.02. The maximum Gasteiger partial charge on any atom is 0.255 e. The van der Waals surface area contributed by atoms with Crippen LogP contribution in [0.5, 0.6) is 0 Å². The first-order chi connectivity index (χ1) is 12.6. The van der Waals surface area contributed by atoms with Crippen molar-refractivity contribution in [3.05, 3.63) is 60.0 Å². The lowest BCUT2D eigenvalue weighted by molar-refractivity contribution is 0.0775. The van der Waals surface area contributed by atoms with Crippen molar-refractivity contribution in [3.8, 4) is 11.5 Å². The van der Waals surface area contributed by atoms with Crippen molar-refractivity contribution in [2.24, 2.45) is 0 Å². The lowest BCUT2D eigenvalue weighted by Gasteiger charge is -2.15. The van der Waals surface area contributed by atoms with Crippen LogP contribution in [-0.2, 0) is 6.54 Å². The molecule has 2 aromatic heterocycles. The highest BCUT2D eigenvalue weighted by Crippen LogP contribution is 2.28. The summed E-state index contributed by atoms with van der Waals surface area (Å²) in [6.45, 7) is 0.212. The van der Waals surface area contributed by atoms with E-state index in [1.54, 1.807) is 19.2 Å². The van der Waals surface area contributed by atoms with E-state index >= 15 is 0 Å². The van der Waals surface area contributed by atoms with Crippen LogP contribution in [0.4, 0.5) is 5.13 Å². The van der Waals surface area contributed by atoms with Gasteiger partial charge in [-0.25, -0.2) is 4.98 Å². The molecule has 0 radical (unpaired) electrons. The molecule has 7 nitrogen and oxygen atoms in total. The number of fused-ring (bicyclic) bond motifs is 1. The molecule has 0 saturated carbocycles. The van der Waals surface area contributed by atoms with Crippen LogP contribution in [0.3, 0.4) is 0 Å². The van der Waals surface area contributed by atoms with Gasteiger partial charge in [0.15, 0.2) is 5.13 Å². The predicted molar refractivity (Wildman–Crippen MR) is 99.6 cm³/mol. The van der Waals surface area contributed by atoms with Crippen LogP contribution >= 0.6 is 11.3 Å². The number of thiazole rings is 1. The van der Waals surface area contributed by atoms with Gasteiger partial charge < -0.3 is 15.1 Å². The van der Waals surface area contributed by atoms with E-state index in [0.29, 0.717) is 22.5 Å². The molecule has 0 aliphatic rings. The maximum absolute atomic E-state index is 12.8. The molecule has 0 unspecified atom stereocenters. The average molecular weight is 365 g/mol. The highest BCUT2D eigenvalue weighted by molar-refractivity contribution is 7.22. The van der Waals surface area contributed by atoms with Crippen molar-refractivity contribution in [1.29, 1.82) is 0 Å². The summed E-state index contributed by atoms with van der Waals surface area (Å²) >= 11 is 1.30. The van der Waals surface area contributed by atoms with E-state index in [2.05, 4.69) is 15.2 Å². The van der Waals surface area contributed by atoms with Crippen LogP contribution in [0.15, 0.2) is 52.9 Å². The van der Waals surface area contributed by atoms with Gasteiger partial charge in [0.2, 0.25) is 11.8 Å². The molecular formula is C18H15N5O2S. The first-order valence-corrected chi connectivity index (χ1v) is 8.72. The van der Waals surface area contributed by atoms with Crippen LogP contribution in [0.1, 0.15) is 16.2 Å². The fourth-order valence-corrected chi connectivity index (χ4v) is 3.47. The van der Waals surface area contributed by atoms with E-state index in [-0.39, 0.29) is 12.5 Å². The van der Waals surface area contributed by atoms with Gasteiger partial charge in [0, 0.05) is 12.6 Å². The van der Waals surface area contributed by atoms with Gasteiger partial charge in [-0.2, -0.15) is 0 Å². The lowest BCUT2D eigenvalue weighted by atomic mass is 10.2. The second-order valence-corrected chi connectivity index (χ2v) is 6.76. The van der Waals surface area contributed by atoms with Crippen LogP contribution in [0, 0.1) is 0 Å². The van der Waals surface area contributed by atoms with Crippen LogP contribution in [-0.4, -0.2) is 33.0 Å². The summed E-state index contributed by atoms with van der Waals surface area (Å²) in [5, 5.41) is 8.52. The Kier molecular flexibility index (Phi) is 4.10. The Morgan fingerprint density at radius 3 is 2.77 bits per heavy atom. The van der Waals surface area contributed by atoms with Crippen molar-refractivity contribution < 1.29 is 9.21 Å². The minimum atomic E-state index is -0.154. The number of nitrogens with two attached hydrogens (primary N) is 1. The van der Waals surface area contributed by atoms with Gasteiger partial charge >= 0.3 is 0 Å². The molecule has 0 atom stereocenters. The van der Waals surface area contributed by atoms with E-state index in [4.69, 9.17) is 10.2 Å². The Morgan fingerprint density at radius 1 is 1.15 bits per heavy atom. The molecule has 2 N–H and O–H groups in total. The van der Waals surface area contributed by atoms with Gasteiger partial charge in [-0.1, -0.05) is 35.6 Å². The van der Waals surface area contributed by atoms with Gasteiger partial charge in [0.05, 0.1) is 22.3 Å². The minimum absolute atomic E-state index is 0.154. The summed E-state index contributed by atoms with van der Waals surface area (Å²) in [7, 11) is 1.69. The number of amides is 1.